The van der Waals surface area contributed by atoms with Crippen molar-refractivity contribution in [1.82, 2.24) is 0 Å². The highest BCUT2D eigenvalue weighted by Gasteiger charge is 2.43. The number of allylic oxidation sites excluding steroid dienone is 1. The van der Waals surface area contributed by atoms with Crippen molar-refractivity contribution >= 4 is 17.6 Å². The highest BCUT2D eigenvalue weighted by Crippen LogP contribution is 2.46. The molecule has 1 aliphatic heterocycles. The maximum absolute atomic E-state index is 13.2. The Bertz CT molecular complexity index is 1260. The Labute approximate surface area is 197 Å². The molecule has 0 fully saturated rings. The molecule has 4 rings (SSSR count). The van der Waals surface area contributed by atoms with E-state index in [1.165, 1.54) is 25.2 Å². The minimum atomic E-state index is -0.919. The van der Waals surface area contributed by atoms with Gasteiger partial charge in [-0.05, 0) is 54.5 Å². The molecule has 0 spiro atoms. The van der Waals surface area contributed by atoms with Gasteiger partial charge in [0.1, 0.15) is 17.3 Å². The van der Waals surface area contributed by atoms with Crippen molar-refractivity contribution in [3.63, 3.8) is 0 Å². The van der Waals surface area contributed by atoms with E-state index < -0.39 is 17.9 Å². The van der Waals surface area contributed by atoms with Crippen LogP contribution >= 0.6 is 0 Å². The number of nitrogens with zero attached hydrogens (tertiary/aromatic N) is 2. The van der Waals surface area contributed by atoms with E-state index in [9.17, 15) is 20.0 Å². The highest BCUT2D eigenvalue weighted by molar-refractivity contribution is 6.06. The second kappa shape index (κ2) is 9.32. The zero-order valence-corrected chi connectivity index (χ0v) is 19.0. The minimum Gasteiger partial charge on any atom is -0.508 e. The van der Waals surface area contributed by atoms with Crippen molar-refractivity contribution in [3.8, 4) is 11.8 Å². The number of methoxy groups -OCH3 is 2. The number of anilines is 1. The third kappa shape index (κ3) is 3.65. The van der Waals surface area contributed by atoms with Crippen LogP contribution in [0, 0.1) is 11.3 Å². The van der Waals surface area contributed by atoms with Crippen LogP contribution < -0.4 is 10.6 Å². The molecular weight excluding hydrogens is 434 g/mol. The summed E-state index contributed by atoms with van der Waals surface area (Å²) in [5.41, 5.74) is 9.25. The fourth-order valence-corrected chi connectivity index (χ4v) is 4.80. The van der Waals surface area contributed by atoms with Gasteiger partial charge in [-0.15, -0.1) is 0 Å². The van der Waals surface area contributed by atoms with Crippen LogP contribution in [0.1, 0.15) is 35.4 Å². The Morgan fingerprint density at radius 2 is 1.68 bits per heavy atom. The van der Waals surface area contributed by atoms with Crippen LogP contribution in [0.15, 0.2) is 65.1 Å². The van der Waals surface area contributed by atoms with Gasteiger partial charge in [-0.1, -0.05) is 30.3 Å². The number of esters is 2. The standard InChI is InChI=1S/C26H25N3O5/c1-33-25(31)22-21(15-8-4-3-5-9-15)18(14-27)24(28)29(23(22)26(32)34-2)19-12-13-20(30)17-11-7-6-10-16(17)19/h3-5,8-9,12-13,21,30H,6-7,10-11,28H2,1-2H3. The Kier molecular flexibility index (Phi) is 6.28. The molecule has 2 aromatic carbocycles. The van der Waals surface area contributed by atoms with Crippen LogP contribution in [-0.4, -0.2) is 31.3 Å². The van der Waals surface area contributed by atoms with Crippen LogP contribution in [0.5, 0.6) is 5.75 Å². The van der Waals surface area contributed by atoms with Crippen LogP contribution in [0.25, 0.3) is 0 Å². The summed E-state index contributed by atoms with van der Waals surface area (Å²) in [6.07, 6.45) is 3.13. The van der Waals surface area contributed by atoms with Crippen molar-refractivity contribution in [3.05, 3.63) is 81.8 Å². The summed E-state index contributed by atoms with van der Waals surface area (Å²) in [7, 11) is 2.43. The van der Waals surface area contributed by atoms with Gasteiger partial charge in [0, 0.05) is 0 Å². The maximum Gasteiger partial charge on any atom is 0.355 e. The van der Waals surface area contributed by atoms with Crippen LogP contribution in [0.3, 0.4) is 0 Å². The summed E-state index contributed by atoms with van der Waals surface area (Å²) in [6.45, 7) is 0. The molecule has 1 atom stereocenters. The molecule has 0 amide bonds. The third-order valence-corrected chi connectivity index (χ3v) is 6.34. The highest BCUT2D eigenvalue weighted by atomic mass is 16.5. The first kappa shape index (κ1) is 22.9. The quantitative estimate of drug-likeness (QED) is 0.668. The van der Waals surface area contributed by atoms with E-state index in [-0.39, 0.29) is 28.4 Å². The van der Waals surface area contributed by atoms with E-state index in [0.717, 1.165) is 24.0 Å². The fourth-order valence-electron chi connectivity index (χ4n) is 4.80. The van der Waals surface area contributed by atoms with Gasteiger partial charge in [0.05, 0.1) is 43.0 Å². The Morgan fingerprint density at radius 3 is 2.29 bits per heavy atom. The summed E-state index contributed by atoms with van der Waals surface area (Å²) in [6, 6.07) is 14.2. The van der Waals surface area contributed by atoms with Crippen LogP contribution in [-0.2, 0) is 31.9 Å². The van der Waals surface area contributed by atoms with Gasteiger partial charge in [0.2, 0.25) is 0 Å². The fraction of sp³-hybridized carbons (Fsp3) is 0.269. The summed E-state index contributed by atoms with van der Waals surface area (Å²) in [5, 5.41) is 20.6. The first-order valence-electron chi connectivity index (χ1n) is 10.9. The van der Waals surface area contributed by atoms with E-state index in [1.54, 1.807) is 30.3 Å². The second-order valence-electron chi connectivity index (χ2n) is 8.10. The lowest BCUT2D eigenvalue weighted by molar-refractivity contribution is -0.139. The molecule has 1 aliphatic carbocycles. The average Bonchev–Trinajstić information content (AvgIpc) is 2.88. The normalized spacial score (nSPS) is 17.7. The monoisotopic (exact) mass is 459 g/mol. The number of rotatable bonds is 4. The SMILES string of the molecule is COC(=O)C1=C(C(=O)OC)N(c2ccc(O)c3c2CCCC3)C(N)=C(C#N)C1c1ccccc1. The zero-order valence-electron chi connectivity index (χ0n) is 19.0. The predicted molar refractivity (Wildman–Crippen MR) is 124 cm³/mol. The molecule has 0 saturated carbocycles. The van der Waals surface area contributed by atoms with E-state index in [2.05, 4.69) is 6.07 Å². The largest absolute Gasteiger partial charge is 0.508 e. The summed E-state index contributed by atoms with van der Waals surface area (Å²) in [4.78, 5) is 27.7. The van der Waals surface area contributed by atoms with E-state index in [4.69, 9.17) is 15.2 Å². The number of phenols is 1. The number of hydrogen-bond donors (Lipinski definition) is 2. The smallest absolute Gasteiger partial charge is 0.355 e. The first-order chi connectivity index (χ1) is 16.4. The molecule has 0 aromatic heterocycles. The second-order valence-corrected chi connectivity index (χ2v) is 8.10. The van der Waals surface area contributed by atoms with E-state index in [0.29, 0.717) is 24.1 Å². The number of carbonyl (C=O) groups is 2. The lowest BCUT2D eigenvalue weighted by Crippen LogP contribution is -2.41. The number of hydrogen-bond acceptors (Lipinski definition) is 8. The number of carbonyl (C=O) groups excluding carboxylic acids is 2. The Morgan fingerprint density at radius 1 is 1.03 bits per heavy atom. The van der Waals surface area contributed by atoms with Gasteiger partial charge in [-0.3, -0.25) is 4.90 Å². The molecule has 1 unspecified atom stereocenters. The number of nitriles is 1. The van der Waals surface area contributed by atoms with Gasteiger partial charge < -0.3 is 20.3 Å². The number of ether oxygens (including phenoxy) is 2. The molecule has 1 heterocycles. The van der Waals surface area contributed by atoms with Crippen molar-refractivity contribution < 1.29 is 24.2 Å². The zero-order chi connectivity index (χ0) is 24.4. The van der Waals surface area contributed by atoms with Crippen molar-refractivity contribution in [2.24, 2.45) is 5.73 Å². The van der Waals surface area contributed by atoms with Crippen LogP contribution in [0.2, 0.25) is 0 Å². The lowest BCUT2D eigenvalue weighted by atomic mass is 9.80. The number of nitrogens with two attached hydrogens (primary N) is 1. The van der Waals surface area contributed by atoms with Gasteiger partial charge in [0.25, 0.3) is 0 Å². The summed E-state index contributed by atoms with van der Waals surface area (Å²) in [5.74, 6) is -2.30. The summed E-state index contributed by atoms with van der Waals surface area (Å²) >= 11 is 0. The van der Waals surface area contributed by atoms with Crippen LogP contribution in [0.4, 0.5) is 5.69 Å². The minimum absolute atomic E-state index is 0.0165. The van der Waals surface area contributed by atoms with Gasteiger partial charge in [-0.2, -0.15) is 5.26 Å². The molecule has 3 N–H and O–H groups in total. The molecule has 0 radical (unpaired) electrons. The third-order valence-electron chi connectivity index (χ3n) is 6.34. The molecule has 8 nitrogen and oxygen atoms in total. The van der Waals surface area contributed by atoms with Gasteiger partial charge >= 0.3 is 11.9 Å². The molecule has 0 bridgehead atoms. The molecule has 174 valence electrons. The van der Waals surface area contributed by atoms with Crippen molar-refractivity contribution in [2.75, 3.05) is 19.1 Å². The number of phenolic OH excluding ortho intramolecular Hbond substituents is 1. The Hall–Kier alpha value is -4.25. The molecule has 0 saturated heterocycles. The number of fused-ring (bicyclic) bond motifs is 1. The Balaban J connectivity index is 2.08. The van der Waals surface area contributed by atoms with Gasteiger partial charge in [0.15, 0.2) is 0 Å². The molecular formula is C26H25N3O5. The topological polar surface area (TPSA) is 126 Å². The molecule has 34 heavy (non-hydrogen) atoms. The average molecular weight is 460 g/mol. The summed E-state index contributed by atoms with van der Waals surface area (Å²) < 4.78 is 10.1. The molecule has 2 aliphatic rings. The molecule has 2 aromatic rings. The predicted octanol–water partition coefficient (Wildman–Crippen LogP) is 3.17. The van der Waals surface area contributed by atoms with E-state index >= 15 is 0 Å². The maximum atomic E-state index is 13.2. The van der Waals surface area contributed by atoms with Crippen molar-refractivity contribution in [2.45, 2.75) is 31.6 Å². The lowest BCUT2D eigenvalue weighted by Gasteiger charge is -2.37. The molecule has 8 heteroatoms. The van der Waals surface area contributed by atoms with Crippen molar-refractivity contribution in [1.29, 1.82) is 5.26 Å². The number of aromatic hydroxyl groups is 1. The number of benzene rings is 2. The first-order valence-corrected chi connectivity index (χ1v) is 10.9. The van der Waals surface area contributed by atoms with Gasteiger partial charge in [-0.25, -0.2) is 9.59 Å². The van der Waals surface area contributed by atoms with E-state index in [1.807, 2.05) is 6.07 Å².